The van der Waals surface area contributed by atoms with E-state index < -0.39 is 0 Å². The molecule has 1 fully saturated rings. The fourth-order valence-electron chi connectivity index (χ4n) is 4.89. The van der Waals surface area contributed by atoms with E-state index in [1.807, 2.05) is 47.4 Å². The van der Waals surface area contributed by atoms with E-state index >= 15 is 0 Å². The Morgan fingerprint density at radius 3 is 2.51 bits per heavy atom. The van der Waals surface area contributed by atoms with E-state index in [1.165, 1.54) is 24.9 Å². The van der Waals surface area contributed by atoms with Gasteiger partial charge in [-0.25, -0.2) is 4.68 Å². The van der Waals surface area contributed by atoms with E-state index in [-0.39, 0.29) is 0 Å². The molecule has 0 unspecified atom stereocenters. The summed E-state index contributed by atoms with van der Waals surface area (Å²) in [5, 5.41) is 9.74. The van der Waals surface area contributed by atoms with Crippen molar-refractivity contribution in [1.29, 1.82) is 0 Å². The lowest BCUT2D eigenvalue weighted by Crippen LogP contribution is -2.29. The van der Waals surface area contributed by atoms with Crippen molar-refractivity contribution >= 4 is 22.3 Å². The van der Waals surface area contributed by atoms with Crippen LogP contribution in [0.3, 0.4) is 0 Å². The molecule has 0 atom stereocenters. The number of benzene rings is 2. The van der Waals surface area contributed by atoms with Crippen LogP contribution in [-0.2, 0) is 6.54 Å². The van der Waals surface area contributed by atoms with Crippen molar-refractivity contribution in [3.63, 3.8) is 0 Å². The normalized spacial score (nSPS) is 13.8. The Morgan fingerprint density at radius 2 is 1.69 bits per heavy atom. The predicted molar refractivity (Wildman–Crippen MR) is 142 cm³/mol. The quantitative estimate of drug-likeness (QED) is 0.333. The summed E-state index contributed by atoms with van der Waals surface area (Å²) in [5.41, 5.74) is 7.46. The first kappa shape index (κ1) is 21.4. The Balaban J connectivity index is 1.34. The van der Waals surface area contributed by atoms with Gasteiger partial charge in [-0.2, -0.15) is 5.10 Å². The standard InChI is InChI=1S/C29H28N6/c1-3-10-24(11-4-1)35-21-23(28(33-35)22-9-7-15-30-19-22)20-32-26-13-14-27(34-17-5-2-6-18-34)29-25(26)12-8-16-31-29/h1,3-4,7-16,19,21,32H,2,5-6,17-18,20H2. The average Bonchev–Trinajstić information content (AvgIpc) is 3.37. The van der Waals surface area contributed by atoms with Gasteiger partial charge in [-0.1, -0.05) is 18.2 Å². The summed E-state index contributed by atoms with van der Waals surface area (Å²) < 4.78 is 1.94. The molecule has 2 aromatic carbocycles. The van der Waals surface area contributed by atoms with E-state index in [9.17, 15) is 0 Å². The molecule has 4 heterocycles. The van der Waals surface area contributed by atoms with Crippen LogP contribution in [0.15, 0.2) is 91.5 Å². The number of fused-ring (bicyclic) bond motifs is 1. The molecule has 0 radical (unpaired) electrons. The molecule has 6 heteroatoms. The van der Waals surface area contributed by atoms with Gasteiger partial charge < -0.3 is 10.2 Å². The summed E-state index contributed by atoms with van der Waals surface area (Å²) >= 11 is 0. The fourth-order valence-corrected chi connectivity index (χ4v) is 4.89. The summed E-state index contributed by atoms with van der Waals surface area (Å²) in [6.07, 6.45) is 11.5. The number of pyridine rings is 2. The van der Waals surface area contributed by atoms with E-state index in [1.54, 1.807) is 6.20 Å². The van der Waals surface area contributed by atoms with Gasteiger partial charge in [-0.15, -0.1) is 0 Å². The summed E-state index contributed by atoms with van der Waals surface area (Å²) in [4.78, 5) is 11.6. The van der Waals surface area contributed by atoms with Gasteiger partial charge in [0.15, 0.2) is 0 Å². The SMILES string of the molecule is c1ccc(-n2cc(CNc3ccc(N4CCCCC4)c4ncccc34)c(-c3cccnc3)n2)cc1. The molecule has 6 nitrogen and oxygen atoms in total. The van der Waals surface area contributed by atoms with Crippen LogP contribution in [0.25, 0.3) is 27.8 Å². The molecule has 1 aliphatic rings. The Hall–Kier alpha value is -4.19. The first-order valence-corrected chi connectivity index (χ1v) is 12.3. The van der Waals surface area contributed by atoms with Crippen LogP contribution < -0.4 is 10.2 Å². The molecule has 1 saturated heterocycles. The Bertz CT molecular complexity index is 1420. The van der Waals surface area contributed by atoms with Crippen molar-refractivity contribution in [2.45, 2.75) is 25.8 Å². The van der Waals surface area contributed by atoms with Crippen molar-refractivity contribution in [2.75, 3.05) is 23.3 Å². The zero-order valence-corrected chi connectivity index (χ0v) is 19.6. The van der Waals surface area contributed by atoms with E-state index in [0.29, 0.717) is 6.54 Å². The van der Waals surface area contributed by atoms with Crippen molar-refractivity contribution in [1.82, 2.24) is 19.7 Å². The Morgan fingerprint density at radius 1 is 0.829 bits per heavy atom. The number of hydrogen-bond acceptors (Lipinski definition) is 5. The topological polar surface area (TPSA) is 58.9 Å². The molecule has 0 aliphatic carbocycles. The largest absolute Gasteiger partial charge is 0.380 e. The second kappa shape index (κ2) is 9.58. The fraction of sp³-hybridized carbons (Fsp3) is 0.207. The third-order valence-corrected chi connectivity index (χ3v) is 6.66. The second-order valence-corrected chi connectivity index (χ2v) is 8.96. The van der Waals surface area contributed by atoms with E-state index in [0.717, 1.165) is 52.2 Å². The molecular formula is C29H28N6. The van der Waals surface area contributed by atoms with Gasteiger partial charge in [0, 0.05) is 66.6 Å². The molecule has 3 aromatic heterocycles. The monoisotopic (exact) mass is 460 g/mol. The van der Waals surface area contributed by atoms with Crippen LogP contribution in [0, 0.1) is 0 Å². The number of anilines is 2. The lowest BCUT2D eigenvalue weighted by molar-refractivity contribution is 0.579. The molecular weight excluding hydrogens is 432 g/mol. The summed E-state index contributed by atoms with van der Waals surface area (Å²) in [6, 6.07) is 22.8. The maximum atomic E-state index is 4.92. The highest BCUT2D eigenvalue weighted by Gasteiger charge is 2.17. The van der Waals surface area contributed by atoms with Gasteiger partial charge in [0.25, 0.3) is 0 Å². The van der Waals surface area contributed by atoms with E-state index in [2.05, 4.69) is 57.8 Å². The highest BCUT2D eigenvalue weighted by atomic mass is 15.3. The summed E-state index contributed by atoms with van der Waals surface area (Å²) in [5.74, 6) is 0. The molecule has 0 bridgehead atoms. The number of para-hydroxylation sites is 1. The maximum Gasteiger partial charge on any atom is 0.0992 e. The van der Waals surface area contributed by atoms with Gasteiger partial charge in [-0.3, -0.25) is 9.97 Å². The molecule has 1 aliphatic heterocycles. The summed E-state index contributed by atoms with van der Waals surface area (Å²) in [7, 11) is 0. The highest BCUT2D eigenvalue weighted by Crippen LogP contribution is 2.33. The molecule has 35 heavy (non-hydrogen) atoms. The second-order valence-electron chi connectivity index (χ2n) is 8.96. The van der Waals surface area contributed by atoms with E-state index in [4.69, 9.17) is 10.1 Å². The predicted octanol–water partition coefficient (Wildman–Crippen LogP) is 6.08. The van der Waals surface area contributed by atoms with Gasteiger partial charge >= 0.3 is 0 Å². The minimum absolute atomic E-state index is 0.643. The van der Waals surface area contributed by atoms with Gasteiger partial charge in [0.05, 0.1) is 22.6 Å². The Labute approximate surface area is 205 Å². The zero-order valence-electron chi connectivity index (χ0n) is 19.6. The molecule has 5 aromatic rings. The lowest BCUT2D eigenvalue weighted by Gasteiger charge is -2.29. The van der Waals surface area contributed by atoms with Crippen molar-refractivity contribution in [2.24, 2.45) is 0 Å². The van der Waals surface area contributed by atoms with Gasteiger partial charge in [0.1, 0.15) is 0 Å². The Kier molecular flexibility index (Phi) is 5.85. The van der Waals surface area contributed by atoms with Gasteiger partial charge in [-0.05, 0) is 67.8 Å². The average molecular weight is 461 g/mol. The summed E-state index contributed by atoms with van der Waals surface area (Å²) in [6.45, 7) is 2.85. The number of nitrogens with one attached hydrogen (secondary N) is 1. The third-order valence-electron chi connectivity index (χ3n) is 6.66. The van der Waals surface area contributed by atoms with Crippen molar-refractivity contribution in [3.05, 3.63) is 97.1 Å². The lowest BCUT2D eigenvalue weighted by atomic mass is 10.1. The maximum absolute atomic E-state index is 4.92. The van der Waals surface area contributed by atoms with Crippen molar-refractivity contribution in [3.8, 4) is 16.9 Å². The number of hydrogen-bond donors (Lipinski definition) is 1. The van der Waals surface area contributed by atoms with Crippen molar-refractivity contribution < 1.29 is 0 Å². The molecule has 0 amide bonds. The number of aromatic nitrogens is 4. The van der Waals surface area contributed by atoms with Crippen LogP contribution in [0.4, 0.5) is 11.4 Å². The number of nitrogens with zero attached hydrogens (tertiary/aromatic N) is 5. The molecule has 0 saturated carbocycles. The molecule has 174 valence electrons. The van der Waals surface area contributed by atoms with Crippen LogP contribution >= 0.6 is 0 Å². The number of piperidine rings is 1. The highest BCUT2D eigenvalue weighted by molar-refractivity contribution is 5.99. The first-order valence-electron chi connectivity index (χ1n) is 12.3. The van der Waals surface area contributed by atoms with Crippen LogP contribution in [0.5, 0.6) is 0 Å². The van der Waals surface area contributed by atoms with Crippen LogP contribution in [-0.4, -0.2) is 32.8 Å². The minimum atomic E-state index is 0.643. The zero-order chi connectivity index (χ0) is 23.5. The smallest absolute Gasteiger partial charge is 0.0992 e. The minimum Gasteiger partial charge on any atom is -0.380 e. The van der Waals surface area contributed by atoms with Gasteiger partial charge in [0.2, 0.25) is 0 Å². The van der Waals surface area contributed by atoms with Crippen LogP contribution in [0.2, 0.25) is 0 Å². The molecule has 6 rings (SSSR count). The van der Waals surface area contributed by atoms with Crippen LogP contribution in [0.1, 0.15) is 24.8 Å². The molecule has 1 N–H and O–H groups in total. The first-order chi connectivity index (χ1) is 17.4. The third kappa shape index (κ3) is 4.35. The number of rotatable bonds is 6. The molecule has 0 spiro atoms.